The molecule has 3 aromatic carbocycles. The van der Waals surface area contributed by atoms with Crippen LogP contribution in [0.25, 0.3) is 5.76 Å². The van der Waals surface area contributed by atoms with E-state index >= 15 is 0 Å². The second kappa shape index (κ2) is 10.9. The summed E-state index contributed by atoms with van der Waals surface area (Å²) in [6.07, 6.45) is 0. The number of nitrogens with zero attached hydrogens (tertiary/aromatic N) is 1. The minimum Gasteiger partial charge on any atom is -0.507 e. The fourth-order valence-corrected chi connectivity index (χ4v) is 4.72. The highest BCUT2D eigenvalue weighted by Crippen LogP contribution is 2.45. The van der Waals surface area contributed by atoms with E-state index in [2.05, 4.69) is 0 Å². The third-order valence-corrected chi connectivity index (χ3v) is 6.59. The Morgan fingerprint density at radius 1 is 0.842 bits per heavy atom. The van der Waals surface area contributed by atoms with Gasteiger partial charge in [-0.25, -0.2) is 0 Å². The third-order valence-electron chi connectivity index (χ3n) is 6.59. The van der Waals surface area contributed by atoms with Gasteiger partial charge < -0.3 is 24.1 Å². The first kappa shape index (κ1) is 26.6. The lowest BCUT2D eigenvalue weighted by Gasteiger charge is -2.26. The zero-order chi connectivity index (χ0) is 27.6. The molecule has 8 nitrogen and oxygen atoms in total. The molecule has 1 unspecified atom stereocenters. The van der Waals surface area contributed by atoms with Gasteiger partial charge in [0.25, 0.3) is 11.7 Å². The fourth-order valence-electron chi connectivity index (χ4n) is 4.72. The van der Waals surface area contributed by atoms with Crippen molar-refractivity contribution in [1.82, 2.24) is 0 Å². The zero-order valence-electron chi connectivity index (χ0n) is 22.3. The van der Waals surface area contributed by atoms with Crippen molar-refractivity contribution in [1.29, 1.82) is 0 Å². The number of hydrogen-bond donors (Lipinski definition) is 1. The summed E-state index contributed by atoms with van der Waals surface area (Å²) in [5.41, 5.74) is 2.95. The Labute approximate surface area is 222 Å². The second-order valence-corrected chi connectivity index (χ2v) is 8.85. The van der Waals surface area contributed by atoms with Crippen LogP contribution in [0.2, 0.25) is 0 Å². The highest BCUT2D eigenvalue weighted by atomic mass is 16.5. The van der Waals surface area contributed by atoms with E-state index in [1.165, 1.54) is 19.1 Å². The van der Waals surface area contributed by atoms with E-state index < -0.39 is 17.7 Å². The molecule has 0 radical (unpaired) electrons. The van der Waals surface area contributed by atoms with Crippen LogP contribution in [0.4, 0.5) is 5.69 Å². The van der Waals surface area contributed by atoms with Gasteiger partial charge in [0.15, 0.2) is 11.5 Å². The Kier molecular flexibility index (Phi) is 7.62. The molecule has 1 heterocycles. The van der Waals surface area contributed by atoms with Crippen LogP contribution in [0.1, 0.15) is 35.2 Å². The molecule has 1 atom stereocenters. The minimum absolute atomic E-state index is 0.0243. The molecule has 1 saturated heterocycles. The molecule has 38 heavy (non-hydrogen) atoms. The van der Waals surface area contributed by atoms with Crippen LogP contribution in [0, 0.1) is 13.8 Å². The average molecular weight is 518 g/mol. The van der Waals surface area contributed by atoms with Crippen LogP contribution in [-0.2, 0) is 9.59 Å². The van der Waals surface area contributed by atoms with Crippen molar-refractivity contribution in [3.05, 3.63) is 82.4 Å². The number of aliphatic hydroxyl groups is 1. The normalized spacial score (nSPS) is 16.5. The van der Waals surface area contributed by atoms with Gasteiger partial charge in [-0.2, -0.15) is 0 Å². The summed E-state index contributed by atoms with van der Waals surface area (Å²) in [4.78, 5) is 28.4. The summed E-state index contributed by atoms with van der Waals surface area (Å²) in [6.45, 7) is 6.03. The van der Waals surface area contributed by atoms with E-state index in [-0.39, 0.29) is 11.3 Å². The molecule has 1 N–H and O–H groups in total. The molecule has 1 aliphatic heterocycles. The lowest BCUT2D eigenvalue weighted by atomic mass is 9.92. The quantitative estimate of drug-likeness (QED) is 0.244. The van der Waals surface area contributed by atoms with Gasteiger partial charge in [-0.1, -0.05) is 6.07 Å². The number of ether oxygens (including phenoxy) is 4. The van der Waals surface area contributed by atoms with E-state index in [4.69, 9.17) is 18.9 Å². The molecule has 0 aliphatic carbocycles. The maximum atomic E-state index is 13.5. The summed E-state index contributed by atoms with van der Waals surface area (Å²) in [5.74, 6) is 0.419. The van der Waals surface area contributed by atoms with Crippen molar-refractivity contribution in [3.63, 3.8) is 0 Å². The first-order valence-corrected chi connectivity index (χ1v) is 12.2. The number of carbonyl (C=O) groups is 2. The fraction of sp³-hybridized carbons (Fsp3) is 0.267. The molecule has 1 fully saturated rings. The highest BCUT2D eigenvalue weighted by molar-refractivity contribution is 6.51. The summed E-state index contributed by atoms with van der Waals surface area (Å²) >= 11 is 0. The summed E-state index contributed by atoms with van der Waals surface area (Å²) < 4.78 is 21.8. The Morgan fingerprint density at radius 3 is 2.11 bits per heavy atom. The van der Waals surface area contributed by atoms with Gasteiger partial charge in [0.2, 0.25) is 0 Å². The van der Waals surface area contributed by atoms with Crippen molar-refractivity contribution >= 4 is 23.1 Å². The number of Topliss-reactive ketones (excluding diaryl/α,β-unsaturated/α-hetero) is 1. The largest absolute Gasteiger partial charge is 0.507 e. The Morgan fingerprint density at radius 2 is 1.50 bits per heavy atom. The molecular weight excluding hydrogens is 486 g/mol. The van der Waals surface area contributed by atoms with Crippen LogP contribution in [0.5, 0.6) is 23.0 Å². The van der Waals surface area contributed by atoms with E-state index in [1.807, 2.05) is 20.8 Å². The highest BCUT2D eigenvalue weighted by Gasteiger charge is 2.47. The maximum Gasteiger partial charge on any atom is 0.300 e. The lowest BCUT2D eigenvalue weighted by molar-refractivity contribution is -0.132. The van der Waals surface area contributed by atoms with Crippen LogP contribution in [-0.4, -0.2) is 44.7 Å². The molecule has 8 heteroatoms. The lowest BCUT2D eigenvalue weighted by Crippen LogP contribution is -2.29. The number of carbonyl (C=O) groups excluding carboxylic acids is 2. The first-order chi connectivity index (χ1) is 18.2. The minimum atomic E-state index is -0.922. The molecule has 0 aromatic heterocycles. The van der Waals surface area contributed by atoms with Crippen molar-refractivity contribution in [2.45, 2.75) is 26.8 Å². The molecule has 1 amide bonds. The zero-order valence-corrected chi connectivity index (χ0v) is 22.3. The molecule has 1 aliphatic rings. The molecule has 0 spiro atoms. The van der Waals surface area contributed by atoms with E-state index in [9.17, 15) is 14.7 Å². The number of amides is 1. The third kappa shape index (κ3) is 4.65. The maximum absolute atomic E-state index is 13.5. The summed E-state index contributed by atoms with van der Waals surface area (Å²) in [5, 5.41) is 11.6. The summed E-state index contributed by atoms with van der Waals surface area (Å²) in [7, 11) is 4.60. The van der Waals surface area contributed by atoms with Crippen molar-refractivity contribution < 1.29 is 33.6 Å². The van der Waals surface area contributed by atoms with Gasteiger partial charge in [-0.3, -0.25) is 14.5 Å². The Bertz CT molecular complexity index is 1410. The average Bonchev–Trinajstić information content (AvgIpc) is 3.19. The first-order valence-electron chi connectivity index (χ1n) is 12.2. The van der Waals surface area contributed by atoms with Crippen LogP contribution in [0.3, 0.4) is 0 Å². The predicted octanol–water partition coefficient (Wildman–Crippen LogP) is 5.35. The number of hydrogen-bond acceptors (Lipinski definition) is 7. The number of rotatable bonds is 8. The van der Waals surface area contributed by atoms with Crippen molar-refractivity contribution in [3.8, 4) is 23.0 Å². The molecule has 0 saturated carbocycles. The van der Waals surface area contributed by atoms with Gasteiger partial charge in [0.1, 0.15) is 17.3 Å². The van der Waals surface area contributed by atoms with Crippen LogP contribution >= 0.6 is 0 Å². The SMILES string of the molecule is CCOc1ccc(N2C(=O)C(=O)/C(=C(/O)c3cc(C)c(OC)cc3C)C2c2ccc(OC)c(OC)c2)cc1. The second-order valence-electron chi connectivity index (χ2n) is 8.85. The van der Waals surface area contributed by atoms with Crippen molar-refractivity contribution in [2.75, 3.05) is 32.8 Å². The van der Waals surface area contributed by atoms with Crippen molar-refractivity contribution in [2.24, 2.45) is 0 Å². The summed E-state index contributed by atoms with van der Waals surface area (Å²) in [6, 6.07) is 14.7. The van der Waals surface area contributed by atoms with Gasteiger partial charge in [0.05, 0.1) is 39.6 Å². The van der Waals surface area contributed by atoms with E-state index in [1.54, 1.807) is 61.7 Å². The molecule has 198 valence electrons. The smallest absolute Gasteiger partial charge is 0.300 e. The van der Waals surface area contributed by atoms with Crippen LogP contribution < -0.4 is 23.8 Å². The van der Waals surface area contributed by atoms with Gasteiger partial charge in [-0.05, 0) is 86.0 Å². The van der Waals surface area contributed by atoms with Crippen LogP contribution in [0.15, 0.2) is 60.2 Å². The molecular formula is C30H31NO7. The number of aliphatic hydroxyl groups excluding tert-OH is 1. The monoisotopic (exact) mass is 517 g/mol. The number of aryl methyl sites for hydroxylation is 2. The van der Waals surface area contributed by atoms with Gasteiger partial charge in [0, 0.05) is 11.3 Å². The number of anilines is 1. The Balaban J connectivity index is 1.96. The molecule has 0 bridgehead atoms. The number of methoxy groups -OCH3 is 3. The number of ketones is 1. The van der Waals surface area contributed by atoms with Gasteiger partial charge >= 0.3 is 0 Å². The topological polar surface area (TPSA) is 94.5 Å². The predicted molar refractivity (Wildman–Crippen MR) is 144 cm³/mol. The molecule has 4 rings (SSSR count). The van der Waals surface area contributed by atoms with Gasteiger partial charge in [-0.15, -0.1) is 0 Å². The molecule has 3 aromatic rings. The Hall–Kier alpha value is -4.46. The number of benzene rings is 3. The standard InChI is InChI=1S/C30H31NO7/c1-7-38-21-11-9-20(10-12-21)31-27(19-8-13-23(35-4)25(16-19)37-6)26(29(33)30(31)34)28(32)22-14-18(3)24(36-5)15-17(22)2/h8-16,27,32H,7H2,1-6H3/b28-26+. The van der Waals surface area contributed by atoms with E-state index in [0.29, 0.717) is 52.0 Å². The van der Waals surface area contributed by atoms with E-state index in [0.717, 1.165) is 5.56 Å².